The van der Waals surface area contributed by atoms with E-state index in [9.17, 15) is 8.42 Å². The third-order valence-electron chi connectivity index (χ3n) is 2.57. The van der Waals surface area contributed by atoms with Crippen LogP contribution < -0.4 is 5.32 Å². The highest BCUT2D eigenvalue weighted by Crippen LogP contribution is 2.22. The van der Waals surface area contributed by atoms with Crippen molar-refractivity contribution >= 4 is 10.0 Å². The number of methoxy groups -OCH3 is 1. The zero-order valence-corrected chi connectivity index (χ0v) is 12.0. The van der Waals surface area contributed by atoms with E-state index in [4.69, 9.17) is 9.15 Å². The Labute approximate surface area is 108 Å². The number of ether oxygens (including phenoxy) is 1. The highest BCUT2D eigenvalue weighted by Gasteiger charge is 2.25. The normalized spacial score (nSPS) is 12.3. The first-order chi connectivity index (χ1) is 8.43. The van der Waals surface area contributed by atoms with E-state index in [2.05, 4.69) is 5.32 Å². The van der Waals surface area contributed by atoms with Gasteiger partial charge < -0.3 is 14.5 Å². The average Bonchev–Trinajstić information content (AvgIpc) is 2.68. The van der Waals surface area contributed by atoms with Crippen LogP contribution in [0, 0.1) is 6.92 Å². The Hall–Kier alpha value is -0.890. The van der Waals surface area contributed by atoms with E-state index < -0.39 is 10.0 Å². The summed E-state index contributed by atoms with van der Waals surface area (Å²) in [4.78, 5) is 0.214. The first-order valence-electron chi connectivity index (χ1n) is 5.62. The molecule has 6 nitrogen and oxygen atoms in total. The smallest absolute Gasteiger partial charge is 0.246 e. The van der Waals surface area contributed by atoms with E-state index in [0.717, 1.165) is 0 Å². The van der Waals surface area contributed by atoms with Crippen molar-refractivity contribution in [2.24, 2.45) is 0 Å². The topological polar surface area (TPSA) is 71.8 Å². The summed E-state index contributed by atoms with van der Waals surface area (Å²) >= 11 is 0. The molecule has 1 aromatic heterocycles. The molecule has 1 N–H and O–H groups in total. The number of aryl methyl sites for hydroxylation is 1. The summed E-state index contributed by atoms with van der Waals surface area (Å²) < 4.78 is 36.1. The molecule has 0 spiro atoms. The molecule has 1 heterocycles. The van der Waals surface area contributed by atoms with Crippen LogP contribution in [0.3, 0.4) is 0 Å². The standard InChI is InChI=1S/C11H20N2O4S/c1-9-11(7-10(17-9)8-12-2)18(14,15)13(3)5-6-16-4/h7,12H,5-6,8H2,1-4H3. The molecule has 0 aliphatic carbocycles. The average molecular weight is 276 g/mol. The predicted molar refractivity (Wildman–Crippen MR) is 67.9 cm³/mol. The number of hydrogen-bond acceptors (Lipinski definition) is 5. The van der Waals surface area contributed by atoms with Crippen LogP contribution in [0.15, 0.2) is 15.4 Å². The van der Waals surface area contributed by atoms with Gasteiger partial charge in [0.15, 0.2) is 0 Å². The van der Waals surface area contributed by atoms with Gasteiger partial charge >= 0.3 is 0 Å². The molecule has 0 saturated carbocycles. The lowest BCUT2D eigenvalue weighted by Gasteiger charge is -2.15. The second kappa shape index (κ2) is 6.33. The zero-order valence-electron chi connectivity index (χ0n) is 11.2. The zero-order chi connectivity index (χ0) is 13.8. The van der Waals surface area contributed by atoms with Gasteiger partial charge in [0, 0.05) is 26.8 Å². The first kappa shape index (κ1) is 15.2. The molecule has 0 aromatic carbocycles. The maximum absolute atomic E-state index is 12.3. The Morgan fingerprint density at radius 3 is 2.72 bits per heavy atom. The Balaban J connectivity index is 2.97. The van der Waals surface area contributed by atoms with Gasteiger partial charge in [0.2, 0.25) is 10.0 Å². The fourth-order valence-electron chi connectivity index (χ4n) is 1.55. The van der Waals surface area contributed by atoms with Crippen LogP contribution in [-0.2, 0) is 21.3 Å². The van der Waals surface area contributed by atoms with Gasteiger partial charge in [-0.1, -0.05) is 0 Å². The number of rotatable bonds is 7. The van der Waals surface area contributed by atoms with E-state index >= 15 is 0 Å². The van der Waals surface area contributed by atoms with E-state index in [1.54, 1.807) is 20.0 Å². The van der Waals surface area contributed by atoms with Crippen molar-refractivity contribution in [2.75, 3.05) is 34.4 Å². The van der Waals surface area contributed by atoms with Crippen molar-refractivity contribution in [3.05, 3.63) is 17.6 Å². The summed E-state index contributed by atoms with van der Waals surface area (Å²) in [7, 11) is 1.33. The van der Waals surface area contributed by atoms with Crippen molar-refractivity contribution < 1.29 is 17.6 Å². The van der Waals surface area contributed by atoms with Crippen LogP contribution in [0.4, 0.5) is 0 Å². The number of sulfonamides is 1. The van der Waals surface area contributed by atoms with Gasteiger partial charge in [-0.25, -0.2) is 8.42 Å². The molecule has 7 heteroatoms. The monoisotopic (exact) mass is 276 g/mol. The molecule has 1 rings (SSSR count). The first-order valence-corrected chi connectivity index (χ1v) is 7.06. The molecule has 0 fully saturated rings. The molecule has 0 aliphatic heterocycles. The second-order valence-corrected chi connectivity index (χ2v) is 6.00. The van der Waals surface area contributed by atoms with Crippen LogP contribution in [-0.4, -0.2) is 47.1 Å². The second-order valence-electron chi connectivity index (χ2n) is 3.98. The molecule has 1 aromatic rings. The molecule has 104 valence electrons. The summed E-state index contributed by atoms with van der Waals surface area (Å²) in [5.41, 5.74) is 0. The van der Waals surface area contributed by atoms with Gasteiger partial charge in [0.25, 0.3) is 0 Å². The summed E-state index contributed by atoms with van der Waals surface area (Å²) in [6.45, 7) is 2.81. The fourth-order valence-corrected chi connectivity index (χ4v) is 2.89. The fraction of sp³-hybridized carbons (Fsp3) is 0.636. The lowest BCUT2D eigenvalue weighted by Crippen LogP contribution is -2.30. The van der Waals surface area contributed by atoms with Crippen LogP contribution in [0.5, 0.6) is 0 Å². The van der Waals surface area contributed by atoms with Crippen molar-refractivity contribution in [3.8, 4) is 0 Å². The van der Waals surface area contributed by atoms with Gasteiger partial charge in [-0.3, -0.25) is 0 Å². The minimum absolute atomic E-state index is 0.214. The number of likely N-dealkylation sites (N-methyl/N-ethyl adjacent to an activating group) is 1. The van der Waals surface area contributed by atoms with Gasteiger partial charge in [-0.2, -0.15) is 4.31 Å². The number of furan rings is 1. The van der Waals surface area contributed by atoms with Crippen LogP contribution >= 0.6 is 0 Å². The van der Waals surface area contributed by atoms with Gasteiger partial charge in [-0.15, -0.1) is 0 Å². The molecule has 0 amide bonds. The van der Waals surface area contributed by atoms with Crippen LogP contribution in [0.2, 0.25) is 0 Å². The lowest BCUT2D eigenvalue weighted by molar-refractivity contribution is 0.185. The minimum atomic E-state index is -3.51. The van der Waals surface area contributed by atoms with E-state index in [0.29, 0.717) is 31.2 Å². The molecule has 0 radical (unpaired) electrons. The van der Waals surface area contributed by atoms with Crippen molar-refractivity contribution in [2.45, 2.75) is 18.4 Å². The Kier molecular flexibility index (Phi) is 5.33. The summed E-state index contributed by atoms with van der Waals surface area (Å²) in [6.07, 6.45) is 0. The molecule has 0 aliphatic rings. The number of nitrogens with zero attached hydrogens (tertiary/aromatic N) is 1. The third-order valence-corrected chi connectivity index (χ3v) is 4.54. The van der Waals surface area contributed by atoms with Crippen molar-refractivity contribution in [1.82, 2.24) is 9.62 Å². The lowest BCUT2D eigenvalue weighted by atomic mass is 10.4. The highest BCUT2D eigenvalue weighted by molar-refractivity contribution is 7.89. The van der Waals surface area contributed by atoms with Crippen LogP contribution in [0.1, 0.15) is 11.5 Å². The summed E-state index contributed by atoms with van der Waals surface area (Å²) in [6, 6.07) is 1.56. The van der Waals surface area contributed by atoms with Gasteiger partial charge in [0.05, 0.1) is 13.2 Å². The Bertz CT molecular complexity index is 481. The highest BCUT2D eigenvalue weighted by atomic mass is 32.2. The molecule has 18 heavy (non-hydrogen) atoms. The number of nitrogens with one attached hydrogen (secondary N) is 1. The largest absolute Gasteiger partial charge is 0.464 e. The van der Waals surface area contributed by atoms with Gasteiger partial charge in [-0.05, 0) is 14.0 Å². The van der Waals surface area contributed by atoms with Crippen molar-refractivity contribution in [3.63, 3.8) is 0 Å². The summed E-state index contributed by atoms with van der Waals surface area (Å²) in [5, 5.41) is 2.92. The maximum atomic E-state index is 12.3. The predicted octanol–water partition coefficient (Wildman–Crippen LogP) is 0.574. The molecule has 0 atom stereocenters. The molecule has 0 saturated heterocycles. The SMILES string of the molecule is CNCc1cc(S(=O)(=O)N(C)CCOC)c(C)o1. The molecular weight excluding hydrogens is 256 g/mol. The molecular formula is C11H20N2O4S. The quantitative estimate of drug-likeness (QED) is 0.788. The molecule has 0 bridgehead atoms. The van der Waals surface area contributed by atoms with E-state index in [1.807, 2.05) is 0 Å². The minimum Gasteiger partial charge on any atom is -0.464 e. The molecule has 0 unspecified atom stereocenters. The third kappa shape index (κ3) is 3.32. The van der Waals surface area contributed by atoms with E-state index in [1.165, 1.54) is 18.5 Å². The van der Waals surface area contributed by atoms with Crippen molar-refractivity contribution in [1.29, 1.82) is 0 Å². The van der Waals surface area contributed by atoms with Gasteiger partial charge in [0.1, 0.15) is 16.4 Å². The Morgan fingerprint density at radius 1 is 1.50 bits per heavy atom. The van der Waals surface area contributed by atoms with E-state index in [-0.39, 0.29) is 4.90 Å². The maximum Gasteiger partial charge on any atom is 0.246 e. The number of hydrogen-bond donors (Lipinski definition) is 1. The van der Waals surface area contributed by atoms with Crippen LogP contribution in [0.25, 0.3) is 0 Å². The Morgan fingerprint density at radius 2 is 2.17 bits per heavy atom. The summed E-state index contributed by atoms with van der Waals surface area (Å²) in [5.74, 6) is 1.01.